The minimum Gasteiger partial charge on any atom is -0.370 e. The Kier molecular flexibility index (Phi) is 4.58. The van der Waals surface area contributed by atoms with Crippen molar-refractivity contribution >= 4 is 5.69 Å². The van der Waals surface area contributed by atoms with Crippen LogP contribution < -0.4 is 10.6 Å². The van der Waals surface area contributed by atoms with Gasteiger partial charge in [0.25, 0.3) is 0 Å². The third-order valence-corrected chi connectivity index (χ3v) is 3.58. The molecule has 0 aromatic heterocycles. The fraction of sp³-hybridized carbons (Fsp3) is 0.294. The van der Waals surface area contributed by atoms with Crippen molar-refractivity contribution < 1.29 is 8.78 Å². The fourth-order valence-corrected chi connectivity index (χ4v) is 2.34. The SMILES string of the molecule is Cc1cc(N(C)Cc2ccccc2F)c(C(C)N)cc1F. The molecule has 0 amide bonds. The Balaban J connectivity index is 2.37. The van der Waals surface area contributed by atoms with Gasteiger partial charge < -0.3 is 10.6 Å². The largest absolute Gasteiger partial charge is 0.370 e. The van der Waals surface area contributed by atoms with E-state index in [9.17, 15) is 8.78 Å². The number of benzene rings is 2. The van der Waals surface area contributed by atoms with Crippen LogP contribution in [0.3, 0.4) is 0 Å². The summed E-state index contributed by atoms with van der Waals surface area (Å²) < 4.78 is 27.5. The lowest BCUT2D eigenvalue weighted by atomic mass is 10.0. The maximum Gasteiger partial charge on any atom is 0.128 e. The Hall–Kier alpha value is -1.94. The monoisotopic (exact) mass is 290 g/mol. The highest BCUT2D eigenvalue weighted by Crippen LogP contribution is 2.29. The highest BCUT2D eigenvalue weighted by atomic mass is 19.1. The van der Waals surface area contributed by atoms with Gasteiger partial charge in [-0.2, -0.15) is 0 Å². The molecule has 2 nitrogen and oxygen atoms in total. The van der Waals surface area contributed by atoms with Gasteiger partial charge in [0.15, 0.2) is 0 Å². The van der Waals surface area contributed by atoms with Gasteiger partial charge in [-0.25, -0.2) is 8.78 Å². The Morgan fingerprint density at radius 3 is 2.43 bits per heavy atom. The molecule has 2 N–H and O–H groups in total. The van der Waals surface area contributed by atoms with Crippen LogP contribution in [0.5, 0.6) is 0 Å². The molecular formula is C17H20F2N2. The zero-order chi connectivity index (χ0) is 15.6. The summed E-state index contributed by atoms with van der Waals surface area (Å²) in [7, 11) is 1.85. The molecule has 2 rings (SSSR count). The second-order valence-electron chi connectivity index (χ2n) is 5.40. The molecule has 21 heavy (non-hydrogen) atoms. The van der Waals surface area contributed by atoms with Gasteiger partial charge in [-0.05, 0) is 43.2 Å². The van der Waals surface area contributed by atoms with Crippen LogP contribution >= 0.6 is 0 Å². The molecule has 0 saturated carbocycles. The molecule has 0 aliphatic heterocycles. The zero-order valence-corrected chi connectivity index (χ0v) is 12.5. The number of nitrogens with two attached hydrogens (primary N) is 1. The molecule has 0 saturated heterocycles. The zero-order valence-electron chi connectivity index (χ0n) is 12.5. The molecule has 0 spiro atoms. The fourth-order valence-electron chi connectivity index (χ4n) is 2.34. The van der Waals surface area contributed by atoms with E-state index in [1.807, 2.05) is 18.9 Å². The molecule has 2 aromatic rings. The van der Waals surface area contributed by atoms with Gasteiger partial charge in [-0.1, -0.05) is 18.2 Å². The number of hydrogen-bond acceptors (Lipinski definition) is 2. The van der Waals surface area contributed by atoms with Gasteiger partial charge in [-0.3, -0.25) is 0 Å². The predicted molar refractivity (Wildman–Crippen MR) is 82.2 cm³/mol. The van der Waals surface area contributed by atoms with Crippen molar-refractivity contribution in [3.05, 3.63) is 64.7 Å². The summed E-state index contributed by atoms with van der Waals surface area (Å²) in [5, 5.41) is 0. The van der Waals surface area contributed by atoms with Crippen LogP contribution in [0.2, 0.25) is 0 Å². The van der Waals surface area contributed by atoms with Crippen molar-refractivity contribution in [1.82, 2.24) is 0 Å². The van der Waals surface area contributed by atoms with Crippen molar-refractivity contribution in [1.29, 1.82) is 0 Å². The molecule has 0 aliphatic carbocycles. The Morgan fingerprint density at radius 1 is 1.14 bits per heavy atom. The molecule has 1 unspecified atom stereocenters. The highest BCUT2D eigenvalue weighted by Gasteiger charge is 2.15. The van der Waals surface area contributed by atoms with Crippen LogP contribution in [0.4, 0.5) is 14.5 Å². The molecule has 2 aromatic carbocycles. The second kappa shape index (κ2) is 6.22. The summed E-state index contributed by atoms with van der Waals surface area (Å²) in [4.78, 5) is 1.89. The first-order valence-corrected chi connectivity index (χ1v) is 6.90. The van der Waals surface area contributed by atoms with Crippen LogP contribution in [0.1, 0.15) is 29.7 Å². The van der Waals surface area contributed by atoms with Crippen molar-refractivity contribution in [3.8, 4) is 0 Å². The minimum absolute atomic E-state index is 0.245. The molecule has 112 valence electrons. The summed E-state index contributed by atoms with van der Waals surface area (Å²) in [5.74, 6) is -0.518. The molecule has 4 heteroatoms. The van der Waals surface area contributed by atoms with Gasteiger partial charge >= 0.3 is 0 Å². The lowest BCUT2D eigenvalue weighted by molar-refractivity contribution is 0.605. The highest BCUT2D eigenvalue weighted by molar-refractivity contribution is 5.57. The van der Waals surface area contributed by atoms with E-state index in [0.717, 1.165) is 11.3 Å². The van der Waals surface area contributed by atoms with E-state index in [2.05, 4.69) is 0 Å². The number of aryl methyl sites for hydroxylation is 1. The van der Waals surface area contributed by atoms with Gasteiger partial charge in [0.05, 0.1) is 0 Å². The summed E-state index contributed by atoms with van der Waals surface area (Å²) in [5.41, 5.74) is 8.62. The van der Waals surface area contributed by atoms with Crippen molar-refractivity contribution in [2.24, 2.45) is 5.73 Å². The van der Waals surface area contributed by atoms with E-state index < -0.39 is 0 Å². The van der Waals surface area contributed by atoms with Gasteiger partial charge in [-0.15, -0.1) is 0 Å². The minimum atomic E-state index is -0.293. The van der Waals surface area contributed by atoms with Gasteiger partial charge in [0.2, 0.25) is 0 Å². The molecule has 0 aliphatic rings. The Bertz CT molecular complexity index is 639. The van der Waals surface area contributed by atoms with Crippen molar-refractivity contribution in [2.45, 2.75) is 26.4 Å². The van der Waals surface area contributed by atoms with Crippen molar-refractivity contribution in [2.75, 3.05) is 11.9 Å². The number of anilines is 1. The average molecular weight is 290 g/mol. The summed E-state index contributed by atoms with van der Waals surface area (Å²) in [6.07, 6.45) is 0. The topological polar surface area (TPSA) is 29.3 Å². The van der Waals surface area contributed by atoms with Gasteiger partial charge in [0, 0.05) is 30.9 Å². The second-order valence-corrected chi connectivity index (χ2v) is 5.40. The van der Waals surface area contributed by atoms with E-state index in [4.69, 9.17) is 5.73 Å². The first kappa shape index (κ1) is 15.4. The summed E-state index contributed by atoms with van der Waals surface area (Å²) in [6.45, 7) is 3.92. The summed E-state index contributed by atoms with van der Waals surface area (Å²) >= 11 is 0. The molecule has 0 bridgehead atoms. The lowest BCUT2D eigenvalue weighted by Crippen LogP contribution is -2.21. The molecule has 0 radical (unpaired) electrons. The predicted octanol–water partition coefficient (Wildman–Crippen LogP) is 3.93. The van der Waals surface area contributed by atoms with E-state index in [1.165, 1.54) is 12.1 Å². The Morgan fingerprint density at radius 2 is 1.81 bits per heavy atom. The normalized spacial score (nSPS) is 12.3. The van der Waals surface area contributed by atoms with E-state index in [0.29, 0.717) is 17.7 Å². The molecular weight excluding hydrogens is 270 g/mol. The van der Waals surface area contributed by atoms with Crippen LogP contribution in [-0.2, 0) is 6.54 Å². The quantitative estimate of drug-likeness (QED) is 0.924. The molecule has 0 fully saturated rings. The van der Waals surface area contributed by atoms with Crippen molar-refractivity contribution in [3.63, 3.8) is 0 Å². The molecule has 0 heterocycles. The maximum absolute atomic E-state index is 13.8. The smallest absolute Gasteiger partial charge is 0.128 e. The van der Waals surface area contributed by atoms with E-state index in [-0.39, 0.29) is 17.7 Å². The third kappa shape index (κ3) is 3.39. The number of hydrogen-bond donors (Lipinski definition) is 1. The number of halogens is 2. The van der Waals surface area contributed by atoms with E-state index >= 15 is 0 Å². The first-order valence-electron chi connectivity index (χ1n) is 6.90. The molecule has 1 atom stereocenters. The maximum atomic E-state index is 13.8. The van der Waals surface area contributed by atoms with Gasteiger partial charge in [0.1, 0.15) is 11.6 Å². The standard InChI is InChI=1S/C17H20F2N2/c1-11-8-17(14(12(2)20)9-16(11)19)21(3)10-13-6-4-5-7-15(13)18/h4-9,12H,10,20H2,1-3H3. The number of nitrogens with zero attached hydrogens (tertiary/aromatic N) is 1. The summed E-state index contributed by atoms with van der Waals surface area (Å²) in [6, 6.07) is 9.57. The van der Waals surface area contributed by atoms with E-state index in [1.54, 1.807) is 31.2 Å². The van der Waals surface area contributed by atoms with Crippen LogP contribution in [-0.4, -0.2) is 7.05 Å². The lowest BCUT2D eigenvalue weighted by Gasteiger charge is -2.25. The Labute approximate surface area is 124 Å². The van der Waals surface area contributed by atoms with Crippen LogP contribution in [0.25, 0.3) is 0 Å². The average Bonchev–Trinajstić information content (AvgIpc) is 2.43. The van der Waals surface area contributed by atoms with Crippen LogP contribution in [0.15, 0.2) is 36.4 Å². The van der Waals surface area contributed by atoms with Crippen LogP contribution in [0, 0.1) is 18.6 Å². The first-order chi connectivity index (χ1) is 9.90. The number of rotatable bonds is 4. The third-order valence-electron chi connectivity index (χ3n) is 3.58.